The summed E-state index contributed by atoms with van der Waals surface area (Å²) in [7, 11) is 0. The van der Waals surface area contributed by atoms with Crippen LogP contribution in [0.25, 0.3) is 6.08 Å². The maximum absolute atomic E-state index is 12.7. The molecule has 0 fully saturated rings. The average Bonchev–Trinajstić information content (AvgIpc) is 2.88. The third-order valence-corrected chi connectivity index (χ3v) is 7.27. The van der Waals surface area contributed by atoms with E-state index in [1.807, 2.05) is 64.2 Å². The lowest BCUT2D eigenvalue weighted by atomic mass is 9.87. The number of ketones is 2. The maximum Gasteiger partial charge on any atom is 0.154 e. The van der Waals surface area contributed by atoms with Crippen molar-refractivity contribution >= 4 is 17.6 Å². The molecule has 204 valence electrons. The molecule has 3 atom stereocenters. The van der Waals surface area contributed by atoms with Crippen LogP contribution in [0.5, 0.6) is 0 Å². The molecule has 1 rings (SSSR count). The van der Waals surface area contributed by atoms with E-state index in [2.05, 4.69) is 63.4 Å². The zero-order valence-corrected chi connectivity index (χ0v) is 24.6. The van der Waals surface area contributed by atoms with Crippen molar-refractivity contribution in [1.29, 1.82) is 0 Å². The molecule has 37 heavy (non-hydrogen) atoms. The predicted octanol–water partition coefficient (Wildman–Crippen LogP) is 8.69. The van der Waals surface area contributed by atoms with Crippen LogP contribution >= 0.6 is 0 Å². The molecule has 0 spiro atoms. The van der Waals surface area contributed by atoms with Crippen LogP contribution in [-0.4, -0.2) is 18.1 Å². The fraction of sp³-hybridized carbons (Fsp3) is 0.529. The van der Waals surface area contributed by atoms with Crippen molar-refractivity contribution in [2.75, 3.05) is 6.54 Å². The second-order valence-corrected chi connectivity index (χ2v) is 10.9. The van der Waals surface area contributed by atoms with Gasteiger partial charge in [0.1, 0.15) is 5.78 Å². The molecule has 0 aliphatic rings. The van der Waals surface area contributed by atoms with Crippen molar-refractivity contribution in [2.45, 2.75) is 87.0 Å². The van der Waals surface area contributed by atoms with Crippen molar-refractivity contribution < 1.29 is 9.59 Å². The molecule has 0 aliphatic heterocycles. The number of nitrogens with one attached hydrogen (secondary N) is 1. The van der Waals surface area contributed by atoms with Crippen LogP contribution < -0.4 is 5.32 Å². The molecule has 0 bridgehead atoms. The molecular weight excluding hydrogens is 454 g/mol. The molecule has 0 saturated carbocycles. The Hall–Kier alpha value is -2.68. The molecule has 3 heteroatoms. The van der Waals surface area contributed by atoms with Crippen LogP contribution in [-0.2, 0) is 9.59 Å². The molecular formula is C34H51NO2. The summed E-state index contributed by atoms with van der Waals surface area (Å²) in [4.78, 5) is 24.9. The van der Waals surface area contributed by atoms with Gasteiger partial charge in [0.25, 0.3) is 0 Å². The normalized spacial score (nSPS) is 15.2. The fourth-order valence-corrected chi connectivity index (χ4v) is 4.25. The number of Topliss-reactive ketones (excluding diaryl/α,β-unsaturated/α-hetero) is 2. The Balaban J connectivity index is 2.55. The first-order chi connectivity index (χ1) is 17.6. The van der Waals surface area contributed by atoms with Crippen molar-refractivity contribution in [3.05, 3.63) is 77.5 Å². The van der Waals surface area contributed by atoms with Gasteiger partial charge in [0.05, 0.1) is 6.54 Å². The van der Waals surface area contributed by atoms with Crippen LogP contribution in [0.4, 0.5) is 0 Å². The lowest BCUT2D eigenvalue weighted by molar-refractivity contribution is -0.126. The van der Waals surface area contributed by atoms with Crippen molar-refractivity contribution in [1.82, 2.24) is 5.32 Å². The van der Waals surface area contributed by atoms with Gasteiger partial charge < -0.3 is 5.32 Å². The highest BCUT2D eigenvalue weighted by molar-refractivity contribution is 5.83. The van der Waals surface area contributed by atoms with Gasteiger partial charge >= 0.3 is 0 Å². The van der Waals surface area contributed by atoms with Crippen LogP contribution in [0, 0.1) is 23.7 Å². The zero-order valence-electron chi connectivity index (χ0n) is 24.6. The van der Waals surface area contributed by atoms with Gasteiger partial charge in [-0.3, -0.25) is 9.59 Å². The van der Waals surface area contributed by atoms with Gasteiger partial charge in [-0.25, -0.2) is 0 Å². The summed E-state index contributed by atoms with van der Waals surface area (Å²) in [5.74, 6) is 1.94. The fourth-order valence-electron chi connectivity index (χ4n) is 4.25. The van der Waals surface area contributed by atoms with Gasteiger partial charge in [-0.1, -0.05) is 110 Å². The number of hydrogen-bond acceptors (Lipinski definition) is 3. The van der Waals surface area contributed by atoms with Gasteiger partial charge in [-0.15, -0.1) is 0 Å². The predicted molar refractivity (Wildman–Crippen MR) is 160 cm³/mol. The lowest BCUT2D eigenvalue weighted by Crippen LogP contribution is -2.26. The Morgan fingerprint density at radius 1 is 0.919 bits per heavy atom. The molecule has 0 heterocycles. The summed E-state index contributed by atoms with van der Waals surface area (Å²) in [6.45, 7) is 17.1. The van der Waals surface area contributed by atoms with E-state index in [-0.39, 0.29) is 23.5 Å². The highest BCUT2D eigenvalue weighted by Gasteiger charge is 2.20. The van der Waals surface area contributed by atoms with Gasteiger partial charge in [0.15, 0.2) is 5.78 Å². The summed E-state index contributed by atoms with van der Waals surface area (Å²) in [6, 6.07) is 8.76. The Morgan fingerprint density at radius 3 is 2.16 bits per heavy atom. The minimum atomic E-state index is -0.0144. The molecule has 1 N–H and O–H groups in total. The number of rotatable bonds is 17. The summed E-state index contributed by atoms with van der Waals surface area (Å²) >= 11 is 0. The summed E-state index contributed by atoms with van der Waals surface area (Å²) in [5.41, 5.74) is 3.47. The number of allylic oxidation sites excluding steroid dienone is 6. The minimum absolute atomic E-state index is 0.0144. The SMILES string of the molecule is C\C=C/C(=C\C=C\C=C\c1ccc(C(C)C(C)C)cc1)NCC(=O)C(C)CCCC(CC)C(=O)C(C)C. The molecule has 0 radical (unpaired) electrons. The van der Waals surface area contributed by atoms with Gasteiger partial charge in [-0.2, -0.15) is 0 Å². The first-order valence-corrected chi connectivity index (χ1v) is 14.2. The van der Waals surface area contributed by atoms with Crippen LogP contribution in [0.2, 0.25) is 0 Å². The molecule has 0 aliphatic carbocycles. The lowest BCUT2D eigenvalue weighted by Gasteiger charge is -2.17. The van der Waals surface area contributed by atoms with Gasteiger partial charge in [0, 0.05) is 23.5 Å². The van der Waals surface area contributed by atoms with Crippen LogP contribution in [0.1, 0.15) is 98.1 Å². The topological polar surface area (TPSA) is 46.2 Å². The maximum atomic E-state index is 12.7. The van der Waals surface area contributed by atoms with E-state index in [0.29, 0.717) is 24.2 Å². The third-order valence-electron chi connectivity index (χ3n) is 7.27. The number of carbonyl (C=O) groups is 2. The van der Waals surface area contributed by atoms with E-state index in [0.717, 1.165) is 31.4 Å². The van der Waals surface area contributed by atoms with Crippen molar-refractivity contribution in [3.8, 4) is 0 Å². The molecule has 3 nitrogen and oxygen atoms in total. The molecule has 0 amide bonds. The number of benzene rings is 1. The summed E-state index contributed by atoms with van der Waals surface area (Å²) in [5, 5.41) is 3.27. The average molecular weight is 506 g/mol. The van der Waals surface area contributed by atoms with E-state index in [1.165, 1.54) is 11.1 Å². The Bertz CT molecular complexity index is 931. The first-order valence-electron chi connectivity index (χ1n) is 14.2. The molecule has 3 unspecified atom stereocenters. The zero-order chi connectivity index (χ0) is 27.8. The Kier molecular flexibility index (Phi) is 15.5. The minimum Gasteiger partial charge on any atom is -0.378 e. The Morgan fingerprint density at radius 2 is 1.59 bits per heavy atom. The quantitative estimate of drug-likeness (QED) is 0.215. The van der Waals surface area contributed by atoms with Gasteiger partial charge in [0.2, 0.25) is 0 Å². The largest absolute Gasteiger partial charge is 0.378 e. The Labute approximate surface area is 227 Å². The van der Waals surface area contributed by atoms with E-state index >= 15 is 0 Å². The van der Waals surface area contributed by atoms with Crippen LogP contribution in [0.15, 0.2) is 66.4 Å². The smallest absolute Gasteiger partial charge is 0.154 e. The standard InChI is InChI=1S/C34H51NO2/c1-9-15-32(19-13-11-12-17-29-20-22-31(23-21-29)28(8)25(3)4)35-24-33(36)27(7)16-14-18-30(10-2)34(37)26(5)6/h9,11-13,15,17,19-23,25-28,30,35H,10,14,16,18,24H2,1-8H3/b13-11+,15-9-,17-12+,32-19+. The highest BCUT2D eigenvalue weighted by Crippen LogP contribution is 2.24. The monoisotopic (exact) mass is 505 g/mol. The second kappa shape index (κ2) is 17.7. The molecule has 0 aromatic heterocycles. The van der Waals surface area contributed by atoms with Gasteiger partial charge in [-0.05, 0) is 61.3 Å². The second-order valence-electron chi connectivity index (χ2n) is 10.9. The first kappa shape index (κ1) is 32.3. The molecule has 1 aromatic rings. The van der Waals surface area contributed by atoms with E-state index in [1.54, 1.807) is 0 Å². The van der Waals surface area contributed by atoms with Crippen molar-refractivity contribution in [3.63, 3.8) is 0 Å². The van der Waals surface area contributed by atoms with E-state index < -0.39 is 0 Å². The van der Waals surface area contributed by atoms with Crippen LogP contribution in [0.3, 0.4) is 0 Å². The molecule has 0 saturated heterocycles. The molecule has 1 aromatic carbocycles. The van der Waals surface area contributed by atoms with Crippen molar-refractivity contribution in [2.24, 2.45) is 23.7 Å². The van der Waals surface area contributed by atoms with E-state index in [4.69, 9.17) is 0 Å². The summed E-state index contributed by atoms with van der Waals surface area (Å²) < 4.78 is 0. The number of carbonyl (C=O) groups excluding carboxylic acids is 2. The van der Waals surface area contributed by atoms with E-state index in [9.17, 15) is 9.59 Å². The summed E-state index contributed by atoms with van der Waals surface area (Å²) in [6.07, 6.45) is 17.5. The number of hydrogen-bond donors (Lipinski definition) is 1. The highest BCUT2D eigenvalue weighted by atomic mass is 16.1. The third kappa shape index (κ3) is 12.4.